The molecule has 4 aromatic rings. The second-order valence-corrected chi connectivity index (χ2v) is 10.0. The van der Waals surface area contributed by atoms with E-state index in [1.807, 2.05) is 11.4 Å². The number of hydrogen-bond acceptors (Lipinski definition) is 9. The molecule has 5 N–H and O–H groups in total. The molecule has 0 saturated heterocycles. The maximum Gasteiger partial charge on any atom is 0.275 e. The van der Waals surface area contributed by atoms with Gasteiger partial charge in [0.1, 0.15) is 27.8 Å². The first-order valence-corrected chi connectivity index (χ1v) is 13.3. The predicted molar refractivity (Wildman–Crippen MR) is 145 cm³/mol. The smallest absolute Gasteiger partial charge is 0.275 e. The zero-order valence-corrected chi connectivity index (χ0v) is 22.3. The Kier molecular flexibility index (Phi) is 8.31. The van der Waals surface area contributed by atoms with Crippen molar-refractivity contribution in [2.24, 2.45) is 19.8 Å². The number of carbonyl (C=O) groups is 3. The van der Waals surface area contributed by atoms with Gasteiger partial charge in [-0.15, -0.1) is 22.7 Å². The molecule has 0 unspecified atom stereocenters. The Balaban J connectivity index is 1.39. The van der Waals surface area contributed by atoms with E-state index in [-0.39, 0.29) is 24.6 Å². The Morgan fingerprint density at radius 1 is 0.974 bits per heavy atom. The first-order chi connectivity index (χ1) is 18.3. The van der Waals surface area contributed by atoms with Gasteiger partial charge in [-0.05, 0) is 18.7 Å². The summed E-state index contributed by atoms with van der Waals surface area (Å²) in [6, 6.07) is 5.07. The van der Waals surface area contributed by atoms with E-state index in [4.69, 9.17) is 11.0 Å². The van der Waals surface area contributed by atoms with Gasteiger partial charge in [0.15, 0.2) is 0 Å². The molecule has 0 aliphatic heterocycles. The fourth-order valence-corrected chi connectivity index (χ4v) is 5.21. The maximum atomic E-state index is 12.9. The van der Waals surface area contributed by atoms with Crippen LogP contribution in [0.3, 0.4) is 0 Å². The molecule has 0 spiro atoms. The maximum absolute atomic E-state index is 12.9. The number of aryl methyl sites for hydroxylation is 2. The molecule has 12 nitrogen and oxygen atoms in total. The Morgan fingerprint density at radius 3 is 2.29 bits per heavy atom. The first-order valence-electron chi connectivity index (χ1n) is 11.5. The van der Waals surface area contributed by atoms with Crippen LogP contribution < -0.4 is 21.7 Å². The van der Waals surface area contributed by atoms with E-state index in [2.05, 4.69) is 25.9 Å². The minimum Gasteiger partial charge on any atom is -0.350 e. The quantitative estimate of drug-likeness (QED) is 0.219. The molecule has 0 radical (unpaired) electrons. The van der Waals surface area contributed by atoms with E-state index in [9.17, 15) is 14.4 Å². The van der Waals surface area contributed by atoms with Crippen LogP contribution in [0, 0.1) is 11.3 Å². The summed E-state index contributed by atoms with van der Waals surface area (Å²) in [5.74, 6) is -1.16. The van der Waals surface area contributed by atoms with E-state index in [0.717, 1.165) is 5.01 Å². The Hall–Kier alpha value is -4.32. The van der Waals surface area contributed by atoms with Crippen LogP contribution in [0.25, 0.3) is 10.7 Å². The molecule has 4 heterocycles. The summed E-state index contributed by atoms with van der Waals surface area (Å²) in [7, 11) is 3.37. The monoisotopic (exact) mass is 551 g/mol. The van der Waals surface area contributed by atoms with Crippen molar-refractivity contribution in [1.82, 2.24) is 24.4 Å². The Morgan fingerprint density at radius 2 is 1.63 bits per heavy atom. The molecule has 0 aliphatic carbocycles. The first kappa shape index (κ1) is 26.7. The topological polar surface area (TPSA) is 173 Å². The lowest BCUT2D eigenvalue weighted by Crippen LogP contribution is -2.25. The summed E-state index contributed by atoms with van der Waals surface area (Å²) >= 11 is 2.83. The lowest BCUT2D eigenvalue weighted by atomic mass is 10.3. The highest BCUT2D eigenvalue weighted by Crippen LogP contribution is 2.26. The highest BCUT2D eigenvalue weighted by Gasteiger charge is 2.19. The largest absolute Gasteiger partial charge is 0.350 e. The molecule has 0 fully saturated rings. The van der Waals surface area contributed by atoms with Crippen LogP contribution in [0.5, 0.6) is 0 Å². The van der Waals surface area contributed by atoms with E-state index in [1.165, 1.54) is 22.7 Å². The number of hydrogen-bond donors (Lipinski definition) is 4. The number of anilines is 2. The normalized spacial score (nSPS) is 10.7. The van der Waals surface area contributed by atoms with Crippen molar-refractivity contribution < 1.29 is 14.4 Å². The number of thiazole rings is 2. The highest BCUT2D eigenvalue weighted by molar-refractivity contribution is 7.14. The van der Waals surface area contributed by atoms with E-state index < -0.39 is 11.8 Å². The Labute approximate surface area is 226 Å². The predicted octanol–water partition coefficient (Wildman–Crippen LogP) is 2.59. The van der Waals surface area contributed by atoms with Crippen LogP contribution in [0.1, 0.15) is 42.9 Å². The van der Waals surface area contributed by atoms with Crippen molar-refractivity contribution in [3.8, 4) is 16.8 Å². The average Bonchev–Trinajstić information content (AvgIpc) is 3.66. The Bertz CT molecular complexity index is 1520. The fourth-order valence-electron chi connectivity index (χ4n) is 3.57. The zero-order valence-electron chi connectivity index (χ0n) is 20.6. The number of amides is 3. The van der Waals surface area contributed by atoms with Crippen LogP contribution >= 0.6 is 22.7 Å². The second-order valence-electron chi connectivity index (χ2n) is 8.23. The molecule has 38 heavy (non-hydrogen) atoms. The SMILES string of the molecule is Cn1cc(NC(=O)c2cc(NC(=O)c3csc(-c4csc(CCN)n4)n3)cn2C)cc1C(=O)NCCC#N. The number of nitrogens with two attached hydrogens (primary N) is 1. The van der Waals surface area contributed by atoms with Crippen molar-refractivity contribution in [3.05, 3.63) is 57.4 Å². The zero-order chi connectivity index (χ0) is 27.2. The molecule has 0 aromatic carbocycles. The third-order valence-electron chi connectivity index (χ3n) is 5.38. The minimum absolute atomic E-state index is 0.206. The van der Waals surface area contributed by atoms with Crippen molar-refractivity contribution in [2.75, 3.05) is 23.7 Å². The van der Waals surface area contributed by atoms with Crippen molar-refractivity contribution in [3.63, 3.8) is 0 Å². The fraction of sp³-hybridized carbons (Fsp3) is 0.250. The molecule has 0 aliphatic rings. The second kappa shape index (κ2) is 11.8. The molecule has 3 amide bonds. The van der Waals surface area contributed by atoms with Crippen LogP contribution in [0.15, 0.2) is 35.3 Å². The highest BCUT2D eigenvalue weighted by atomic mass is 32.1. The molecule has 0 saturated carbocycles. The minimum atomic E-state index is -0.414. The molecular formula is C24H25N9O3S2. The number of nitriles is 1. The standard InChI is InChI=1S/C24H25N9O3S2/c1-32-11-15(8-18(32)22(35)27-7-3-5-25)29-23(36)19-9-14(10-33(19)2)28-21(34)16-12-38-24(31-16)17-13-37-20(30-17)4-6-26/h8-13H,3-4,6-7,26H2,1-2H3,(H,27,35)(H,28,34)(H,29,36). The third-order valence-corrected chi connectivity index (χ3v) is 7.15. The van der Waals surface area contributed by atoms with E-state index in [0.29, 0.717) is 46.4 Å². The van der Waals surface area contributed by atoms with Gasteiger partial charge in [0, 0.05) is 50.2 Å². The number of nitrogens with one attached hydrogen (secondary N) is 3. The van der Waals surface area contributed by atoms with Crippen LogP contribution in [0.2, 0.25) is 0 Å². The van der Waals surface area contributed by atoms with Gasteiger partial charge < -0.3 is 30.8 Å². The molecule has 14 heteroatoms. The van der Waals surface area contributed by atoms with Gasteiger partial charge in [-0.3, -0.25) is 14.4 Å². The summed E-state index contributed by atoms with van der Waals surface area (Å²) in [5, 5.41) is 21.9. The number of nitrogens with zero attached hydrogens (tertiary/aromatic N) is 5. The lowest BCUT2D eigenvalue weighted by Gasteiger charge is -2.03. The number of rotatable bonds is 10. The van der Waals surface area contributed by atoms with E-state index in [1.54, 1.807) is 53.1 Å². The summed E-state index contributed by atoms with van der Waals surface area (Å²) in [5.41, 5.74) is 8.05. The molecule has 0 atom stereocenters. The summed E-state index contributed by atoms with van der Waals surface area (Å²) in [4.78, 5) is 46.9. The van der Waals surface area contributed by atoms with Gasteiger partial charge >= 0.3 is 0 Å². The summed E-state index contributed by atoms with van der Waals surface area (Å²) in [6.45, 7) is 0.756. The summed E-state index contributed by atoms with van der Waals surface area (Å²) in [6.07, 6.45) is 4.14. The third kappa shape index (κ3) is 6.14. The van der Waals surface area contributed by atoms with Crippen molar-refractivity contribution in [2.45, 2.75) is 12.8 Å². The molecular weight excluding hydrogens is 526 g/mol. The molecule has 0 bridgehead atoms. The summed E-state index contributed by atoms with van der Waals surface area (Å²) < 4.78 is 3.17. The number of aromatic nitrogens is 4. The molecule has 196 valence electrons. The van der Waals surface area contributed by atoms with Crippen molar-refractivity contribution >= 4 is 51.8 Å². The average molecular weight is 552 g/mol. The molecule has 4 rings (SSSR count). The van der Waals surface area contributed by atoms with E-state index >= 15 is 0 Å². The van der Waals surface area contributed by atoms with Gasteiger partial charge in [0.05, 0.1) is 28.9 Å². The number of carbonyl (C=O) groups excluding carboxylic acids is 3. The van der Waals surface area contributed by atoms with Gasteiger partial charge in [0.25, 0.3) is 17.7 Å². The van der Waals surface area contributed by atoms with Gasteiger partial charge in [-0.25, -0.2) is 9.97 Å². The van der Waals surface area contributed by atoms with Crippen LogP contribution in [0.4, 0.5) is 11.4 Å². The van der Waals surface area contributed by atoms with Crippen LogP contribution in [-0.2, 0) is 20.5 Å². The van der Waals surface area contributed by atoms with Gasteiger partial charge in [-0.1, -0.05) is 0 Å². The lowest BCUT2D eigenvalue weighted by molar-refractivity contribution is 0.0944. The molecule has 4 aromatic heterocycles. The van der Waals surface area contributed by atoms with Crippen LogP contribution in [-0.4, -0.2) is 49.9 Å². The van der Waals surface area contributed by atoms with Gasteiger partial charge in [0.2, 0.25) is 0 Å². The van der Waals surface area contributed by atoms with Gasteiger partial charge in [-0.2, -0.15) is 5.26 Å². The van der Waals surface area contributed by atoms with Crippen molar-refractivity contribution in [1.29, 1.82) is 5.26 Å².